The third kappa shape index (κ3) is 15.4. The van der Waals surface area contributed by atoms with E-state index in [0.29, 0.717) is 11.4 Å². The largest absolute Gasteiger partial charge is 0.528 e. The Balaban J connectivity index is 0.000000183. The van der Waals surface area contributed by atoms with E-state index in [0.717, 1.165) is 127 Å². The molecule has 0 aliphatic carbocycles. The van der Waals surface area contributed by atoms with Crippen molar-refractivity contribution in [1.29, 1.82) is 0 Å². The predicted molar refractivity (Wildman–Crippen MR) is 415 cm³/mol. The molecule has 15 aromatic rings. The number of rotatable bonds is 15. The maximum atomic E-state index is 4.77. The fourth-order valence-corrected chi connectivity index (χ4v) is 13.6. The SMILES string of the molecule is CN1[CH-]N(c2[c-]cc(-c3ccccc3-c3cccc(-c4ccccc4-c4c[c-]c(N5[CH-]N(C)CC5)cc4)c3)cc2)CC1.[Ir].[Ir].[c-]1ncccc1-c1[c-]cc(-c2ccccc2-c2cc(-c3ccccc3-c3c[c-]c(-c4ccccn4)cc3)cc(-c3ccccc3-c3c[c-]c(-c4[c-]cccn4)nc3)c2)cc1. The first-order chi connectivity index (χ1) is 50.4. The number of nitrogens with zero attached hydrogens (tertiary/aromatic N) is 8. The first-order valence-corrected chi connectivity index (χ1v) is 34.3. The maximum absolute atomic E-state index is 4.77. The number of pyridine rings is 4. The molecule has 6 heterocycles. The van der Waals surface area contributed by atoms with Gasteiger partial charge in [-0.3, -0.25) is 0 Å². The second-order valence-corrected chi connectivity index (χ2v) is 25.5. The minimum absolute atomic E-state index is 0. The summed E-state index contributed by atoms with van der Waals surface area (Å²) in [6.07, 6.45) is 10.3. The molecule has 0 bridgehead atoms. The molecule has 2 fully saturated rings. The van der Waals surface area contributed by atoms with E-state index in [4.69, 9.17) is 4.98 Å². The standard InChI is InChI=1S/C56H33N4.C38H34N4.2Ir/c1-4-16-51(48(13-1)40-23-21-39(22-24-40)43-12-11-31-57-37-43)45-34-46(52-17-5-2-14-49(52)41-25-27-42(28-26-41)54-19-7-9-32-58-54)36-47(35-45)53-18-6-3-15-50(53)44-29-30-56(60-38-44)55-20-8-10-33-59-55;1-39-22-24-41(27-39)33-18-14-29(15-19-33)35-10-3-5-12-37(35)31-8-7-9-32(26-31)38-13-6-4-11-36(38)30-16-20-34(21-17-30)42-25-23-40(2)28-42;;/h1-19,21,23-27,29,31-36,38H;3-18,20,26-28H,22-25H2,1-2H3;;/q-5;-4;;. The van der Waals surface area contributed by atoms with E-state index in [-0.39, 0.29) is 40.2 Å². The summed E-state index contributed by atoms with van der Waals surface area (Å²) in [7, 11) is 4.22. The van der Waals surface area contributed by atoms with Crippen LogP contribution in [0.3, 0.4) is 0 Å². The molecule has 0 unspecified atom stereocenters. The van der Waals surface area contributed by atoms with Gasteiger partial charge in [-0.25, -0.2) is 23.3 Å². The van der Waals surface area contributed by atoms with Crippen LogP contribution in [0, 0.1) is 55.9 Å². The molecule has 2 saturated heterocycles. The maximum Gasteiger partial charge on any atom is 0.0160 e. The zero-order valence-corrected chi connectivity index (χ0v) is 62.0. The van der Waals surface area contributed by atoms with E-state index in [2.05, 4.69) is 341 Å². The molecule has 0 saturated carbocycles. The van der Waals surface area contributed by atoms with Crippen LogP contribution in [-0.4, -0.2) is 70.0 Å². The van der Waals surface area contributed by atoms with Crippen molar-refractivity contribution in [3.63, 3.8) is 0 Å². The summed E-state index contributed by atoms with van der Waals surface area (Å²) in [6, 6.07) is 121. The number of anilines is 2. The first-order valence-electron chi connectivity index (χ1n) is 34.3. The number of likely N-dealkylation sites (N-methyl/N-ethyl adjacent to an activating group) is 2. The molecule has 2 aliphatic heterocycles. The van der Waals surface area contributed by atoms with Gasteiger partial charge < -0.3 is 39.5 Å². The van der Waals surface area contributed by atoms with Crippen molar-refractivity contribution in [1.82, 2.24) is 29.7 Å². The molecular weight excluding hydrogens is 1630 g/mol. The number of hydrogen-bond donors (Lipinski definition) is 0. The van der Waals surface area contributed by atoms with Crippen molar-refractivity contribution in [2.45, 2.75) is 0 Å². The molecule has 8 nitrogen and oxygen atoms in total. The van der Waals surface area contributed by atoms with Crippen LogP contribution >= 0.6 is 0 Å². The monoisotopic (exact) mass is 1690 g/mol. The summed E-state index contributed by atoms with van der Waals surface area (Å²) in [5.74, 6) is 0. The van der Waals surface area contributed by atoms with Crippen molar-refractivity contribution in [3.05, 3.63) is 366 Å². The van der Waals surface area contributed by atoms with Gasteiger partial charge in [-0.15, -0.1) is 106 Å². The normalized spacial score (nSPS) is 12.8. The van der Waals surface area contributed by atoms with Crippen LogP contribution in [0.4, 0.5) is 11.4 Å². The molecule has 2 aliphatic rings. The zero-order chi connectivity index (χ0) is 68.6. The summed E-state index contributed by atoms with van der Waals surface area (Å²) in [5.41, 5.74) is 29.8. The molecule has 17 rings (SSSR count). The molecule has 104 heavy (non-hydrogen) atoms. The third-order valence-electron chi connectivity index (χ3n) is 18.8. The van der Waals surface area contributed by atoms with Crippen LogP contribution < -0.4 is 9.80 Å². The molecule has 10 heteroatoms. The Hall–Kier alpha value is -11.2. The van der Waals surface area contributed by atoms with Crippen LogP contribution in [0.2, 0.25) is 0 Å². The number of hydrogen-bond acceptors (Lipinski definition) is 8. The Bertz CT molecular complexity index is 4900. The van der Waals surface area contributed by atoms with Crippen LogP contribution in [0.5, 0.6) is 0 Å². The van der Waals surface area contributed by atoms with Crippen molar-refractivity contribution < 1.29 is 40.2 Å². The molecule has 0 amide bonds. The van der Waals surface area contributed by atoms with Crippen molar-refractivity contribution >= 4 is 11.4 Å². The Morgan fingerprint density at radius 2 is 0.712 bits per heavy atom. The smallest absolute Gasteiger partial charge is 0.0160 e. The average Bonchev–Trinajstić information content (AvgIpc) is 0.940. The quantitative estimate of drug-likeness (QED) is 0.0941. The Morgan fingerprint density at radius 3 is 1.10 bits per heavy atom. The van der Waals surface area contributed by atoms with Crippen LogP contribution in [0.25, 0.3) is 145 Å². The van der Waals surface area contributed by atoms with Gasteiger partial charge in [-0.1, -0.05) is 203 Å². The van der Waals surface area contributed by atoms with Crippen LogP contribution in [-0.2, 0) is 40.2 Å². The molecular formula is C94H67Ir2N8-9. The topological polar surface area (TPSA) is 64.5 Å². The van der Waals surface area contributed by atoms with E-state index in [1.54, 1.807) is 12.4 Å². The van der Waals surface area contributed by atoms with Gasteiger partial charge in [0.2, 0.25) is 0 Å². The van der Waals surface area contributed by atoms with Crippen molar-refractivity contribution in [3.8, 4) is 145 Å². The molecule has 0 spiro atoms. The van der Waals surface area contributed by atoms with E-state index in [1.807, 2.05) is 60.9 Å². The number of benzene rings is 11. The molecule has 0 atom stereocenters. The molecule has 0 N–H and O–H groups in total. The van der Waals surface area contributed by atoms with Gasteiger partial charge in [0.15, 0.2) is 0 Å². The fourth-order valence-electron chi connectivity index (χ4n) is 13.6. The molecule has 2 radical (unpaired) electrons. The van der Waals surface area contributed by atoms with Crippen molar-refractivity contribution in [2.24, 2.45) is 0 Å². The predicted octanol–water partition coefficient (Wildman–Crippen LogP) is 21.0. The van der Waals surface area contributed by atoms with Crippen LogP contribution in [0.1, 0.15) is 0 Å². The number of aromatic nitrogens is 4. The molecule has 510 valence electrons. The first kappa shape index (κ1) is 69.9. The van der Waals surface area contributed by atoms with Crippen molar-refractivity contribution in [2.75, 3.05) is 50.1 Å². The fraction of sp³-hybridized carbons (Fsp3) is 0.0638. The Morgan fingerprint density at radius 1 is 0.298 bits per heavy atom. The van der Waals surface area contributed by atoms with Gasteiger partial charge in [0.1, 0.15) is 0 Å². The van der Waals surface area contributed by atoms with E-state index < -0.39 is 0 Å². The van der Waals surface area contributed by atoms with Gasteiger partial charge in [-0.2, -0.15) is 80.1 Å². The summed E-state index contributed by atoms with van der Waals surface area (Å²) < 4.78 is 0. The van der Waals surface area contributed by atoms with Gasteiger partial charge >= 0.3 is 0 Å². The zero-order valence-electron chi connectivity index (χ0n) is 57.2. The molecule has 4 aromatic heterocycles. The third-order valence-corrected chi connectivity index (χ3v) is 18.8. The minimum Gasteiger partial charge on any atom is -0.528 e. The summed E-state index contributed by atoms with van der Waals surface area (Å²) in [4.78, 5) is 26.9. The van der Waals surface area contributed by atoms with Gasteiger partial charge in [0.05, 0.1) is 0 Å². The van der Waals surface area contributed by atoms with Gasteiger partial charge in [0, 0.05) is 46.4 Å². The average molecular weight is 1690 g/mol. The van der Waals surface area contributed by atoms with E-state index >= 15 is 0 Å². The Labute approximate surface area is 637 Å². The van der Waals surface area contributed by atoms with Crippen LogP contribution in [0.15, 0.2) is 310 Å². The Kier molecular flexibility index (Phi) is 21.8. The second-order valence-electron chi connectivity index (χ2n) is 25.5. The van der Waals surface area contributed by atoms with E-state index in [9.17, 15) is 0 Å². The summed E-state index contributed by atoms with van der Waals surface area (Å²) in [5, 5.41) is 0. The second kappa shape index (κ2) is 32.4. The van der Waals surface area contributed by atoms with Gasteiger partial charge in [0.25, 0.3) is 0 Å². The summed E-state index contributed by atoms with van der Waals surface area (Å²) >= 11 is 0. The molecule has 11 aromatic carbocycles. The van der Waals surface area contributed by atoms with E-state index in [1.165, 1.54) is 44.5 Å². The van der Waals surface area contributed by atoms with Gasteiger partial charge in [-0.05, 0) is 144 Å². The summed E-state index contributed by atoms with van der Waals surface area (Å²) in [6.45, 7) is 8.37. The minimum atomic E-state index is 0.